The summed E-state index contributed by atoms with van der Waals surface area (Å²) in [6.07, 6.45) is 0. The van der Waals surface area contributed by atoms with Crippen molar-refractivity contribution in [1.82, 2.24) is 4.57 Å². The van der Waals surface area contributed by atoms with Crippen LogP contribution in [0.2, 0.25) is 0 Å². The zero-order chi connectivity index (χ0) is 43.8. The maximum atomic E-state index is 2.44. The largest absolute Gasteiger partial charge is 0.310 e. The van der Waals surface area contributed by atoms with Crippen molar-refractivity contribution in [3.05, 3.63) is 267 Å². The molecular weight excluding hydrogens is 797 g/mol. The van der Waals surface area contributed by atoms with Gasteiger partial charge >= 0.3 is 0 Å². The van der Waals surface area contributed by atoms with Crippen molar-refractivity contribution in [1.29, 1.82) is 0 Å². The van der Waals surface area contributed by atoms with Gasteiger partial charge in [0, 0.05) is 33.4 Å². The first kappa shape index (κ1) is 38.9. The fraction of sp³-hybridized carbons (Fsp3) is 0. The van der Waals surface area contributed by atoms with E-state index in [0.29, 0.717) is 0 Å². The van der Waals surface area contributed by atoms with Gasteiger partial charge in [-0.15, -0.1) is 0 Å². The van der Waals surface area contributed by atoms with Crippen molar-refractivity contribution in [3.8, 4) is 61.3 Å². The third-order valence-corrected chi connectivity index (χ3v) is 13.0. The van der Waals surface area contributed by atoms with Gasteiger partial charge in [0.25, 0.3) is 0 Å². The summed E-state index contributed by atoms with van der Waals surface area (Å²) in [4.78, 5) is 2.44. The number of aromatic nitrogens is 1. The van der Waals surface area contributed by atoms with E-state index >= 15 is 0 Å². The van der Waals surface area contributed by atoms with E-state index in [0.717, 1.165) is 33.9 Å². The topological polar surface area (TPSA) is 8.17 Å². The molecule has 2 heteroatoms. The third-order valence-electron chi connectivity index (χ3n) is 13.0. The molecule has 0 N–H and O–H groups in total. The van der Waals surface area contributed by atoms with Crippen molar-refractivity contribution >= 4 is 49.6 Å². The molecule has 0 saturated carbocycles. The van der Waals surface area contributed by atoms with Gasteiger partial charge in [0.15, 0.2) is 0 Å². The molecule has 11 aromatic carbocycles. The minimum Gasteiger partial charge on any atom is -0.310 e. The number of para-hydroxylation sites is 3. The highest BCUT2D eigenvalue weighted by Gasteiger charge is 2.21. The summed E-state index contributed by atoms with van der Waals surface area (Å²) in [6, 6.07) is 96.9. The highest BCUT2D eigenvalue weighted by Crippen LogP contribution is 2.46. The van der Waals surface area contributed by atoms with Gasteiger partial charge in [0.05, 0.1) is 16.7 Å². The molecule has 1 heterocycles. The Labute approximate surface area is 385 Å². The van der Waals surface area contributed by atoms with E-state index in [1.807, 2.05) is 0 Å². The molecule has 2 nitrogen and oxygen atoms in total. The molecule has 0 atom stereocenters. The Hall–Kier alpha value is -8.72. The molecular formula is C64H44N2. The number of hydrogen-bond donors (Lipinski definition) is 0. The Balaban J connectivity index is 1.03. The molecule has 310 valence electrons. The van der Waals surface area contributed by atoms with E-state index in [1.54, 1.807) is 0 Å². The van der Waals surface area contributed by atoms with E-state index in [9.17, 15) is 0 Å². The van der Waals surface area contributed by atoms with Crippen LogP contribution in [0, 0.1) is 0 Å². The first-order chi connectivity index (χ1) is 32.8. The highest BCUT2D eigenvalue weighted by atomic mass is 15.1. The molecule has 0 aliphatic rings. The molecule has 0 amide bonds. The van der Waals surface area contributed by atoms with Gasteiger partial charge in [-0.05, 0) is 122 Å². The van der Waals surface area contributed by atoms with E-state index in [4.69, 9.17) is 0 Å². The van der Waals surface area contributed by atoms with Crippen LogP contribution in [0.15, 0.2) is 267 Å². The maximum absolute atomic E-state index is 2.44. The van der Waals surface area contributed by atoms with E-state index in [2.05, 4.69) is 276 Å². The first-order valence-electron chi connectivity index (χ1n) is 22.7. The summed E-state index contributed by atoms with van der Waals surface area (Å²) in [5.41, 5.74) is 18.6. The lowest BCUT2D eigenvalue weighted by Gasteiger charge is -2.29. The lowest BCUT2D eigenvalue weighted by atomic mass is 9.88. The molecule has 12 rings (SSSR count). The van der Waals surface area contributed by atoms with E-state index in [-0.39, 0.29) is 0 Å². The molecule has 0 fully saturated rings. The van der Waals surface area contributed by atoms with Gasteiger partial charge in [-0.1, -0.05) is 206 Å². The van der Waals surface area contributed by atoms with Gasteiger partial charge in [-0.2, -0.15) is 0 Å². The van der Waals surface area contributed by atoms with Crippen LogP contribution in [0.1, 0.15) is 0 Å². The lowest BCUT2D eigenvalue weighted by molar-refractivity contribution is 1.18. The molecule has 0 spiro atoms. The average molecular weight is 841 g/mol. The molecule has 0 aliphatic carbocycles. The van der Waals surface area contributed by atoms with Crippen LogP contribution in [0.25, 0.3) is 93.9 Å². The van der Waals surface area contributed by atoms with Crippen molar-refractivity contribution in [3.63, 3.8) is 0 Å². The SMILES string of the molecule is c1ccc(-c2ccccc2-c2ccccc2-c2ccccc2N(c2ccc(-c3cccc4ccccc34)cc2)c2cccc(-c3ccc4c(c3)c3ccccc3n4-c3ccccc3)c2)cc1. The third kappa shape index (κ3) is 6.93. The lowest BCUT2D eigenvalue weighted by Crippen LogP contribution is -2.11. The Morgan fingerprint density at radius 3 is 1.55 bits per heavy atom. The normalized spacial score (nSPS) is 11.3. The fourth-order valence-electron chi connectivity index (χ4n) is 9.96. The number of hydrogen-bond acceptors (Lipinski definition) is 1. The summed E-state index contributed by atoms with van der Waals surface area (Å²) >= 11 is 0. The van der Waals surface area contributed by atoms with Gasteiger partial charge < -0.3 is 9.47 Å². The second kappa shape index (κ2) is 16.8. The van der Waals surface area contributed by atoms with Crippen molar-refractivity contribution < 1.29 is 0 Å². The van der Waals surface area contributed by atoms with E-state index < -0.39 is 0 Å². The van der Waals surface area contributed by atoms with Gasteiger partial charge in [0.2, 0.25) is 0 Å². The van der Waals surface area contributed by atoms with Crippen LogP contribution < -0.4 is 4.90 Å². The average Bonchev–Trinajstić information content (AvgIpc) is 3.73. The van der Waals surface area contributed by atoms with Crippen molar-refractivity contribution in [2.24, 2.45) is 0 Å². The quantitative estimate of drug-likeness (QED) is 0.141. The predicted molar refractivity (Wildman–Crippen MR) is 280 cm³/mol. The van der Waals surface area contributed by atoms with Crippen LogP contribution in [0.5, 0.6) is 0 Å². The molecule has 66 heavy (non-hydrogen) atoms. The smallest absolute Gasteiger partial charge is 0.0541 e. The van der Waals surface area contributed by atoms with Crippen LogP contribution in [-0.4, -0.2) is 4.57 Å². The standard InChI is InChI=1S/C64H44N2/c1-3-19-45(20-4-1)55-28-9-10-29-56(55)57-30-11-12-31-58(57)59-32-13-15-35-62(59)65(51-40-37-47(38-41-51)54-34-18-22-46-21-7-8-27-53(46)54)52-26-17-23-48(43-52)49-39-42-64-61(44-49)60-33-14-16-36-63(60)66(64)50-24-5-2-6-25-50/h1-44H. The molecule has 0 unspecified atom stereocenters. The Bertz CT molecular complexity index is 3690. The zero-order valence-corrected chi connectivity index (χ0v) is 36.3. The van der Waals surface area contributed by atoms with E-state index in [1.165, 1.54) is 77.1 Å². The Morgan fingerprint density at radius 2 is 0.758 bits per heavy atom. The number of rotatable bonds is 9. The number of fused-ring (bicyclic) bond motifs is 4. The Kier molecular flexibility index (Phi) is 9.89. The summed E-state index contributed by atoms with van der Waals surface area (Å²) in [5.74, 6) is 0. The van der Waals surface area contributed by atoms with Crippen LogP contribution in [-0.2, 0) is 0 Å². The van der Waals surface area contributed by atoms with Crippen molar-refractivity contribution in [2.45, 2.75) is 0 Å². The first-order valence-corrected chi connectivity index (χ1v) is 22.7. The maximum Gasteiger partial charge on any atom is 0.0541 e. The number of anilines is 3. The molecule has 0 saturated heterocycles. The number of benzene rings is 11. The molecule has 0 bridgehead atoms. The highest BCUT2D eigenvalue weighted by molar-refractivity contribution is 6.10. The minimum absolute atomic E-state index is 1.08. The molecule has 12 aromatic rings. The summed E-state index contributed by atoms with van der Waals surface area (Å²) in [6.45, 7) is 0. The predicted octanol–water partition coefficient (Wildman–Crippen LogP) is 17.7. The second-order valence-electron chi connectivity index (χ2n) is 16.9. The Morgan fingerprint density at radius 1 is 0.258 bits per heavy atom. The van der Waals surface area contributed by atoms with Crippen LogP contribution >= 0.6 is 0 Å². The summed E-state index contributed by atoms with van der Waals surface area (Å²) < 4.78 is 2.38. The molecule has 1 aromatic heterocycles. The monoisotopic (exact) mass is 840 g/mol. The number of nitrogens with zero attached hydrogens (tertiary/aromatic N) is 2. The summed E-state index contributed by atoms with van der Waals surface area (Å²) in [7, 11) is 0. The summed E-state index contributed by atoms with van der Waals surface area (Å²) in [5, 5.41) is 4.96. The van der Waals surface area contributed by atoms with Gasteiger partial charge in [0.1, 0.15) is 0 Å². The molecule has 0 radical (unpaired) electrons. The van der Waals surface area contributed by atoms with Crippen molar-refractivity contribution in [2.75, 3.05) is 4.90 Å². The molecule has 0 aliphatic heterocycles. The van der Waals surface area contributed by atoms with Gasteiger partial charge in [-0.3, -0.25) is 0 Å². The minimum atomic E-state index is 1.08. The van der Waals surface area contributed by atoms with Crippen LogP contribution in [0.4, 0.5) is 17.1 Å². The zero-order valence-electron chi connectivity index (χ0n) is 36.3. The second-order valence-corrected chi connectivity index (χ2v) is 16.9. The van der Waals surface area contributed by atoms with Crippen LogP contribution in [0.3, 0.4) is 0 Å². The fourth-order valence-corrected chi connectivity index (χ4v) is 9.96. The van der Waals surface area contributed by atoms with Gasteiger partial charge in [-0.25, -0.2) is 0 Å².